The number of nitrogens with two attached hydrogens (primary N) is 1. The van der Waals surface area contributed by atoms with Crippen molar-refractivity contribution in [3.63, 3.8) is 0 Å². The standard InChI is InChI=1S/C28H38N4O8/c1-30(2)17-11-14(12-32(5)7-8-40-6)22(33)19-15(17)9-13-10-16-21(31(3)4)24(35)20(27(29)38)26(37)28(16,39)25(36)18(13)23(19)34/h11,13,16,21,33,35-36,39H,7-10,12H2,1-6H3,(H2,29,38)/t13-,16-,21-,28-/m0/s1. The van der Waals surface area contributed by atoms with E-state index in [2.05, 4.69) is 0 Å². The predicted molar refractivity (Wildman–Crippen MR) is 146 cm³/mol. The summed E-state index contributed by atoms with van der Waals surface area (Å²) in [7, 11) is 10.3. The molecule has 12 nitrogen and oxygen atoms in total. The topological polar surface area (TPSA) is 177 Å². The molecule has 0 aliphatic heterocycles. The van der Waals surface area contributed by atoms with Crippen LogP contribution in [0.4, 0.5) is 5.69 Å². The summed E-state index contributed by atoms with van der Waals surface area (Å²) < 4.78 is 5.13. The van der Waals surface area contributed by atoms with Gasteiger partial charge in [0.15, 0.2) is 11.4 Å². The van der Waals surface area contributed by atoms with Gasteiger partial charge < -0.3 is 35.8 Å². The van der Waals surface area contributed by atoms with Crippen molar-refractivity contribution in [2.45, 2.75) is 31.0 Å². The summed E-state index contributed by atoms with van der Waals surface area (Å²) >= 11 is 0. The molecule has 218 valence electrons. The molecule has 0 spiro atoms. The van der Waals surface area contributed by atoms with E-state index in [-0.39, 0.29) is 29.7 Å². The number of ketones is 2. The highest BCUT2D eigenvalue weighted by Gasteiger charge is 2.63. The van der Waals surface area contributed by atoms with Gasteiger partial charge >= 0.3 is 0 Å². The number of aromatic hydroxyl groups is 1. The number of fused-ring (bicyclic) bond motifs is 3. The van der Waals surface area contributed by atoms with E-state index in [1.54, 1.807) is 21.2 Å². The van der Waals surface area contributed by atoms with E-state index < -0.39 is 58.0 Å². The number of carbonyl (C=O) groups excluding carboxylic acids is 3. The number of phenolic OH excluding ortho intramolecular Hbond substituents is 1. The molecular weight excluding hydrogens is 520 g/mol. The largest absolute Gasteiger partial charge is 0.510 e. The van der Waals surface area contributed by atoms with Crippen molar-refractivity contribution in [2.75, 3.05) is 60.4 Å². The van der Waals surface area contributed by atoms with Crippen LogP contribution in [0, 0.1) is 11.8 Å². The molecule has 0 radical (unpaired) electrons. The molecule has 40 heavy (non-hydrogen) atoms. The second-order valence-electron chi connectivity index (χ2n) is 11.3. The van der Waals surface area contributed by atoms with Crippen molar-refractivity contribution < 1.29 is 39.5 Å². The van der Waals surface area contributed by atoms with Gasteiger partial charge in [-0.2, -0.15) is 0 Å². The fraction of sp³-hybridized carbons (Fsp3) is 0.536. The Balaban J connectivity index is 1.91. The quantitative estimate of drug-likeness (QED) is 0.277. The minimum atomic E-state index is -2.66. The van der Waals surface area contributed by atoms with Crippen LogP contribution >= 0.6 is 0 Å². The van der Waals surface area contributed by atoms with Gasteiger partial charge in [0.25, 0.3) is 5.91 Å². The zero-order valence-electron chi connectivity index (χ0n) is 23.7. The van der Waals surface area contributed by atoms with E-state index in [9.17, 15) is 34.8 Å². The number of Topliss-reactive ketones (excluding diaryl/α,β-unsaturated/α-hetero) is 2. The predicted octanol–water partition coefficient (Wildman–Crippen LogP) is 0.265. The summed E-state index contributed by atoms with van der Waals surface area (Å²) in [6.45, 7) is 1.37. The normalized spacial score (nSPS) is 26.3. The summed E-state index contributed by atoms with van der Waals surface area (Å²) in [5.41, 5.74) is 3.52. The molecule has 12 heteroatoms. The highest BCUT2D eigenvalue weighted by molar-refractivity contribution is 6.24. The van der Waals surface area contributed by atoms with Gasteiger partial charge in [0.1, 0.15) is 22.8 Å². The number of rotatable bonds is 8. The maximum atomic E-state index is 14.1. The first-order chi connectivity index (χ1) is 18.7. The Kier molecular flexibility index (Phi) is 7.76. The molecule has 1 amide bonds. The Bertz CT molecular complexity index is 1330. The van der Waals surface area contributed by atoms with Crippen LogP contribution in [0.3, 0.4) is 0 Å². The summed E-state index contributed by atoms with van der Waals surface area (Å²) in [6, 6.07) is 0.802. The fourth-order valence-corrected chi connectivity index (χ4v) is 6.49. The second-order valence-corrected chi connectivity index (χ2v) is 11.3. The van der Waals surface area contributed by atoms with Crippen LogP contribution in [0.15, 0.2) is 28.7 Å². The number of carbonyl (C=O) groups is 3. The molecule has 0 saturated carbocycles. The summed E-state index contributed by atoms with van der Waals surface area (Å²) in [6.07, 6.45) is 0.274. The molecule has 0 saturated heterocycles. The molecule has 3 aliphatic carbocycles. The zero-order chi connectivity index (χ0) is 29.8. The summed E-state index contributed by atoms with van der Waals surface area (Å²) in [5, 5.41) is 45.5. The van der Waals surface area contributed by atoms with Crippen molar-refractivity contribution in [1.29, 1.82) is 0 Å². The number of hydrogen-bond acceptors (Lipinski definition) is 11. The molecule has 6 N–H and O–H groups in total. The first kappa shape index (κ1) is 29.5. The molecule has 1 aromatic rings. The van der Waals surface area contributed by atoms with E-state index in [0.29, 0.717) is 30.8 Å². The molecule has 4 rings (SSSR count). The van der Waals surface area contributed by atoms with E-state index in [4.69, 9.17) is 10.5 Å². The number of anilines is 1. The Morgan fingerprint density at radius 2 is 1.80 bits per heavy atom. The van der Waals surface area contributed by atoms with Crippen molar-refractivity contribution in [3.8, 4) is 5.75 Å². The lowest BCUT2D eigenvalue weighted by Crippen LogP contribution is -2.63. The number of aliphatic hydroxyl groups excluding tert-OH is 2. The lowest BCUT2D eigenvalue weighted by atomic mass is 9.58. The Hall–Kier alpha value is -3.45. The third kappa shape index (κ3) is 4.35. The van der Waals surface area contributed by atoms with Gasteiger partial charge in [0.05, 0.1) is 18.2 Å². The average molecular weight is 559 g/mol. The lowest BCUT2D eigenvalue weighted by molar-refractivity contribution is -0.148. The number of likely N-dealkylation sites (N-methyl/N-ethyl adjacent to an activating group) is 2. The van der Waals surface area contributed by atoms with Crippen LogP contribution in [0.5, 0.6) is 5.75 Å². The molecule has 0 fully saturated rings. The van der Waals surface area contributed by atoms with E-state index in [1.165, 1.54) is 4.90 Å². The van der Waals surface area contributed by atoms with Crippen molar-refractivity contribution in [1.82, 2.24) is 9.80 Å². The molecule has 1 aromatic carbocycles. The summed E-state index contributed by atoms with van der Waals surface area (Å²) in [4.78, 5) is 45.0. The van der Waals surface area contributed by atoms with E-state index in [1.807, 2.05) is 37.0 Å². The number of allylic oxidation sites excluding steroid dienone is 1. The third-order valence-electron chi connectivity index (χ3n) is 8.38. The molecule has 4 atom stereocenters. The van der Waals surface area contributed by atoms with E-state index >= 15 is 0 Å². The van der Waals surface area contributed by atoms with Crippen LogP contribution < -0.4 is 10.6 Å². The number of methoxy groups -OCH3 is 1. The van der Waals surface area contributed by atoms with Gasteiger partial charge in [-0.15, -0.1) is 0 Å². The molecular formula is C28H38N4O8. The highest BCUT2D eigenvalue weighted by atomic mass is 16.5. The van der Waals surface area contributed by atoms with Crippen molar-refractivity contribution in [3.05, 3.63) is 45.4 Å². The van der Waals surface area contributed by atoms with Gasteiger partial charge in [0.2, 0.25) is 5.78 Å². The van der Waals surface area contributed by atoms with Crippen molar-refractivity contribution in [2.24, 2.45) is 17.6 Å². The van der Waals surface area contributed by atoms with Crippen LogP contribution in [-0.4, -0.2) is 115 Å². The average Bonchev–Trinajstić information content (AvgIpc) is 2.85. The Morgan fingerprint density at radius 1 is 1.15 bits per heavy atom. The monoisotopic (exact) mass is 558 g/mol. The number of benzene rings is 1. The lowest BCUT2D eigenvalue weighted by Gasteiger charge is -2.50. The SMILES string of the molecule is COCCN(C)Cc1cc(N(C)C)c2c(c1O)C(=O)C1=C(O)[C@]3(O)C(=O)C(C(N)=O)=C(O)[C@@H](N(C)C)[C@@H]3C[C@@H]1C2. The number of amides is 1. The molecule has 0 unspecified atom stereocenters. The van der Waals surface area contributed by atoms with Crippen LogP contribution in [0.1, 0.15) is 27.9 Å². The maximum absolute atomic E-state index is 14.1. The molecule has 0 heterocycles. The van der Waals surface area contributed by atoms with Crippen molar-refractivity contribution >= 4 is 23.2 Å². The van der Waals surface area contributed by atoms with Gasteiger partial charge in [-0.05, 0) is 51.5 Å². The first-order valence-electron chi connectivity index (χ1n) is 13.1. The Morgan fingerprint density at radius 3 is 2.35 bits per heavy atom. The molecule has 0 bridgehead atoms. The minimum absolute atomic E-state index is 0.00197. The van der Waals surface area contributed by atoms with Gasteiger partial charge in [-0.3, -0.25) is 24.2 Å². The van der Waals surface area contributed by atoms with Gasteiger partial charge in [0, 0.05) is 57.0 Å². The second kappa shape index (κ2) is 10.5. The van der Waals surface area contributed by atoms with Crippen LogP contribution in [-0.2, 0) is 27.3 Å². The first-order valence-corrected chi connectivity index (χ1v) is 13.1. The number of aliphatic hydroxyl groups is 3. The van der Waals surface area contributed by atoms with Gasteiger partial charge in [-0.25, -0.2) is 0 Å². The molecule has 0 aromatic heterocycles. The highest BCUT2D eigenvalue weighted by Crippen LogP contribution is 2.53. The maximum Gasteiger partial charge on any atom is 0.255 e. The van der Waals surface area contributed by atoms with E-state index in [0.717, 1.165) is 5.69 Å². The number of hydrogen-bond donors (Lipinski definition) is 5. The minimum Gasteiger partial charge on any atom is -0.510 e. The zero-order valence-corrected chi connectivity index (χ0v) is 23.7. The van der Waals surface area contributed by atoms with Gasteiger partial charge in [-0.1, -0.05) is 0 Å². The molecule has 3 aliphatic rings. The number of primary amides is 1. The number of nitrogens with zero attached hydrogens (tertiary/aromatic N) is 3. The van der Waals surface area contributed by atoms with Crippen LogP contribution in [0.2, 0.25) is 0 Å². The summed E-state index contributed by atoms with van der Waals surface area (Å²) in [5.74, 6) is -6.61. The number of ether oxygens (including phenoxy) is 1. The third-order valence-corrected chi connectivity index (χ3v) is 8.38. The smallest absolute Gasteiger partial charge is 0.255 e. The number of phenols is 1. The fourth-order valence-electron chi connectivity index (χ4n) is 6.49. The van der Waals surface area contributed by atoms with Crippen LogP contribution in [0.25, 0.3) is 0 Å². The Labute approximate surface area is 232 Å².